The molecule has 1 amide bonds. The van der Waals surface area contributed by atoms with Crippen molar-refractivity contribution in [2.24, 2.45) is 0 Å². The molecule has 0 spiro atoms. The molecule has 2 aromatic carbocycles. The van der Waals surface area contributed by atoms with Crippen molar-refractivity contribution in [3.05, 3.63) is 48.0 Å². The maximum atomic E-state index is 11.8. The lowest BCUT2D eigenvalue weighted by atomic mass is 10.0. The molecule has 0 N–H and O–H groups in total. The molecule has 2 aromatic rings. The van der Waals surface area contributed by atoms with E-state index in [9.17, 15) is 4.79 Å². The van der Waals surface area contributed by atoms with Crippen molar-refractivity contribution >= 4 is 16.9 Å². The van der Waals surface area contributed by atoms with Crippen molar-refractivity contribution in [3.63, 3.8) is 0 Å². The van der Waals surface area contributed by atoms with Gasteiger partial charge in [0.1, 0.15) is 6.10 Å². The molecule has 98 valence electrons. The van der Waals surface area contributed by atoms with Crippen LogP contribution in [-0.4, -0.2) is 23.6 Å². The first-order valence-electron chi connectivity index (χ1n) is 6.61. The van der Waals surface area contributed by atoms with Crippen molar-refractivity contribution in [2.75, 3.05) is 6.54 Å². The minimum atomic E-state index is -0.215. The third-order valence-corrected chi connectivity index (χ3v) is 3.61. The first-order valence-corrected chi connectivity index (χ1v) is 6.61. The Morgan fingerprint density at radius 3 is 2.58 bits per heavy atom. The quantitative estimate of drug-likeness (QED) is 0.818. The Bertz CT molecular complexity index is 621. The number of carbonyl (C=O) groups is 1. The second kappa shape index (κ2) is 4.57. The van der Waals surface area contributed by atoms with Gasteiger partial charge in [-0.3, -0.25) is 0 Å². The molecular weight excluding hydrogens is 238 g/mol. The second-order valence-electron chi connectivity index (χ2n) is 5.23. The maximum absolute atomic E-state index is 11.8. The van der Waals surface area contributed by atoms with E-state index in [-0.39, 0.29) is 18.2 Å². The summed E-state index contributed by atoms with van der Waals surface area (Å²) < 4.78 is 5.46. The third-order valence-electron chi connectivity index (χ3n) is 3.61. The van der Waals surface area contributed by atoms with Crippen molar-refractivity contribution < 1.29 is 9.53 Å². The van der Waals surface area contributed by atoms with E-state index in [1.54, 1.807) is 4.90 Å². The standard InChI is InChI=1S/C16H17NO2/c1-11(2)17-10-15(19-16(17)18)14-8-7-12-5-3-4-6-13(12)9-14/h3-9,11,15H,10H2,1-2H3/t15-/m0/s1. The van der Waals surface area contributed by atoms with E-state index in [0.29, 0.717) is 6.54 Å². The smallest absolute Gasteiger partial charge is 0.410 e. The van der Waals surface area contributed by atoms with Crippen LogP contribution < -0.4 is 0 Å². The van der Waals surface area contributed by atoms with Crippen molar-refractivity contribution in [1.82, 2.24) is 4.90 Å². The lowest BCUT2D eigenvalue weighted by molar-refractivity contribution is 0.130. The fraction of sp³-hybridized carbons (Fsp3) is 0.312. The highest BCUT2D eigenvalue weighted by Crippen LogP contribution is 2.29. The number of ether oxygens (including phenoxy) is 1. The molecule has 3 heteroatoms. The number of benzene rings is 2. The van der Waals surface area contributed by atoms with E-state index in [0.717, 1.165) is 5.56 Å². The summed E-state index contributed by atoms with van der Waals surface area (Å²) in [5.74, 6) is 0. The molecule has 0 unspecified atom stereocenters. The summed E-state index contributed by atoms with van der Waals surface area (Å²) in [6.07, 6.45) is -0.368. The molecule has 1 atom stereocenters. The Hall–Kier alpha value is -2.03. The Morgan fingerprint density at radius 2 is 1.89 bits per heavy atom. The van der Waals surface area contributed by atoms with Crippen LogP contribution >= 0.6 is 0 Å². The van der Waals surface area contributed by atoms with Crippen LogP contribution in [0.2, 0.25) is 0 Å². The summed E-state index contributed by atoms with van der Waals surface area (Å²) >= 11 is 0. The molecule has 0 radical (unpaired) electrons. The SMILES string of the molecule is CC(C)N1C[C@@H](c2ccc3ccccc3c2)OC1=O. The number of rotatable bonds is 2. The molecule has 3 rings (SSSR count). The number of amides is 1. The lowest BCUT2D eigenvalue weighted by Crippen LogP contribution is -2.31. The summed E-state index contributed by atoms with van der Waals surface area (Å²) in [6, 6.07) is 14.6. The molecular formula is C16H17NO2. The monoisotopic (exact) mass is 255 g/mol. The van der Waals surface area contributed by atoms with Crippen LogP contribution in [0.4, 0.5) is 4.79 Å². The van der Waals surface area contributed by atoms with Crippen LogP contribution in [0.25, 0.3) is 10.8 Å². The van der Waals surface area contributed by atoms with Crippen LogP contribution in [0, 0.1) is 0 Å². The van der Waals surface area contributed by atoms with Gasteiger partial charge in [0, 0.05) is 6.04 Å². The highest BCUT2D eigenvalue weighted by molar-refractivity contribution is 5.83. The summed E-state index contributed by atoms with van der Waals surface area (Å²) in [5, 5.41) is 2.38. The lowest BCUT2D eigenvalue weighted by Gasteiger charge is -2.16. The summed E-state index contributed by atoms with van der Waals surface area (Å²) in [7, 11) is 0. The predicted molar refractivity (Wildman–Crippen MR) is 75.0 cm³/mol. The van der Waals surface area contributed by atoms with Crippen LogP contribution in [0.1, 0.15) is 25.5 Å². The average molecular weight is 255 g/mol. The Morgan fingerprint density at radius 1 is 1.16 bits per heavy atom. The van der Waals surface area contributed by atoms with Gasteiger partial charge in [-0.15, -0.1) is 0 Å². The van der Waals surface area contributed by atoms with E-state index in [1.165, 1.54) is 10.8 Å². The molecule has 0 saturated carbocycles. The van der Waals surface area contributed by atoms with Crippen molar-refractivity contribution in [1.29, 1.82) is 0 Å². The number of fused-ring (bicyclic) bond motifs is 1. The zero-order valence-corrected chi connectivity index (χ0v) is 11.2. The molecule has 1 saturated heterocycles. The van der Waals surface area contributed by atoms with Crippen molar-refractivity contribution in [2.45, 2.75) is 26.0 Å². The molecule has 1 aliphatic rings. The zero-order valence-electron chi connectivity index (χ0n) is 11.2. The summed E-state index contributed by atoms with van der Waals surface area (Å²) in [5.41, 5.74) is 1.07. The fourth-order valence-electron chi connectivity index (χ4n) is 2.48. The van der Waals surface area contributed by atoms with Gasteiger partial charge in [-0.05, 0) is 36.2 Å². The predicted octanol–water partition coefficient (Wildman–Crippen LogP) is 3.74. The Kier molecular flexibility index (Phi) is 2.90. The Balaban J connectivity index is 1.91. The van der Waals surface area contributed by atoms with Gasteiger partial charge < -0.3 is 9.64 Å². The van der Waals surface area contributed by atoms with Gasteiger partial charge in [0.15, 0.2) is 0 Å². The number of hydrogen-bond acceptors (Lipinski definition) is 2. The summed E-state index contributed by atoms with van der Waals surface area (Å²) in [4.78, 5) is 13.5. The van der Waals surface area contributed by atoms with E-state index in [4.69, 9.17) is 4.74 Å². The minimum absolute atomic E-state index is 0.153. The molecule has 0 bridgehead atoms. The van der Waals surface area contributed by atoms with Crippen LogP contribution in [0.15, 0.2) is 42.5 Å². The maximum Gasteiger partial charge on any atom is 0.410 e. The number of cyclic esters (lactones) is 1. The van der Waals surface area contributed by atoms with Gasteiger partial charge >= 0.3 is 6.09 Å². The number of carbonyl (C=O) groups excluding carboxylic acids is 1. The molecule has 19 heavy (non-hydrogen) atoms. The van der Waals surface area contributed by atoms with Gasteiger partial charge in [-0.25, -0.2) is 4.79 Å². The largest absolute Gasteiger partial charge is 0.439 e. The van der Waals surface area contributed by atoms with Crippen LogP contribution in [0.5, 0.6) is 0 Å². The van der Waals surface area contributed by atoms with Gasteiger partial charge in [0.25, 0.3) is 0 Å². The topological polar surface area (TPSA) is 29.5 Å². The van der Waals surface area contributed by atoms with Crippen molar-refractivity contribution in [3.8, 4) is 0 Å². The first-order chi connectivity index (χ1) is 9.15. The number of hydrogen-bond donors (Lipinski definition) is 0. The molecule has 3 nitrogen and oxygen atoms in total. The normalized spacial score (nSPS) is 19.2. The van der Waals surface area contributed by atoms with Gasteiger partial charge in [0.2, 0.25) is 0 Å². The highest BCUT2D eigenvalue weighted by atomic mass is 16.6. The van der Waals surface area contributed by atoms with Gasteiger partial charge in [-0.2, -0.15) is 0 Å². The van der Waals surface area contributed by atoms with E-state index < -0.39 is 0 Å². The highest BCUT2D eigenvalue weighted by Gasteiger charge is 2.33. The third kappa shape index (κ3) is 2.16. The van der Waals surface area contributed by atoms with Gasteiger partial charge in [0.05, 0.1) is 6.54 Å². The molecule has 1 fully saturated rings. The second-order valence-corrected chi connectivity index (χ2v) is 5.23. The molecule has 0 aliphatic carbocycles. The van der Waals surface area contributed by atoms with Crippen LogP contribution in [0.3, 0.4) is 0 Å². The number of nitrogens with zero attached hydrogens (tertiary/aromatic N) is 1. The molecule has 1 heterocycles. The van der Waals surface area contributed by atoms with E-state index in [1.807, 2.05) is 32.0 Å². The van der Waals surface area contributed by atoms with Gasteiger partial charge in [-0.1, -0.05) is 36.4 Å². The first kappa shape index (κ1) is 12.0. The Labute approximate surface area is 112 Å². The molecule has 1 aliphatic heterocycles. The molecule has 0 aromatic heterocycles. The summed E-state index contributed by atoms with van der Waals surface area (Å²) in [6.45, 7) is 4.64. The minimum Gasteiger partial charge on any atom is -0.439 e. The van der Waals surface area contributed by atoms with Crippen LogP contribution in [-0.2, 0) is 4.74 Å². The van der Waals surface area contributed by atoms with E-state index in [2.05, 4.69) is 24.3 Å². The van der Waals surface area contributed by atoms with E-state index >= 15 is 0 Å². The average Bonchev–Trinajstić information content (AvgIpc) is 2.80. The zero-order chi connectivity index (χ0) is 13.4. The fourth-order valence-corrected chi connectivity index (χ4v) is 2.48.